The molecular formula is C28H27N3O7. The minimum atomic E-state index is -0.660. The van der Waals surface area contributed by atoms with E-state index in [4.69, 9.17) is 18.9 Å². The molecule has 4 unspecified atom stereocenters. The molecule has 0 bridgehead atoms. The number of ketones is 1. The van der Waals surface area contributed by atoms with Gasteiger partial charge < -0.3 is 29.6 Å². The van der Waals surface area contributed by atoms with Gasteiger partial charge in [-0.25, -0.2) is 9.59 Å². The van der Waals surface area contributed by atoms with Gasteiger partial charge in [-0.1, -0.05) is 18.2 Å². The molecule has 38 heavy (non-hydrogen) atoms. The van der Waals surface area contributed by atoms with E-state index >= 15 is 0 Å². The van der Waals surface area contributed by atoms with Gasteiger partial charge in [0, 0.05) is 16.9 Å². The van der Waals surface area contributed by atoms with E-state index in [0.717, 1.165) is 5.75 Å². The van der Waals surface area contributed by atoms with Crippen LogP contribution in [0.15, 0.2) is 78.9 Å². The number of amides is 3. The van der Waals surface area contributed by atoms with Gasteiger partial charge in [-0.05, 0) is 67.6 Å². The third-order valence-electron chi connectivity index (χ3n) is 6.21. The summed E-state index contributed by atoms with van der Waals surface area (Å²) in [6.07, 6.45) is -2.23. The van der Waals surface area contributed by atoms with Crippen molar-refractivity contribution in [2.45, 2.75) is 31.3 Å². The zero-order valence-electron chi connectivity index (χ0n) is 20.6. The van der Waals surface area contributed by atoms with Gasteiger partial charge in [0.25, 0.3) is 0 Å². The van der Waals surface area contributed by atoms with Gasteiger partial charge in [0.2, 0.25) is 0 Å². The number of rotatable bonds is 7. The van der Waals surface area contributed by atoms with E-state index in [9.17, 15) is 14.4 Å². The summed E-state index contributed by atoms with van der Waals surface area (Å²) in [6, 6.07) is 22.1. The summed E-state index contributed by atoms with van der Waals surface area (Å²) in [4.78, 5) is 36.3. The van der Waals surface area contributed by atoms with Crippen LogP contribution in [0.3, 0.4) is 0 Å². The van der Waals surface area contributed by atoms with Crippen molar-refractivity contribution in [3.05, 3.63) is 84.4 Å². The molecule has 0 aromatic heterocycles. The Hall–Kier alpha value is -4.41. The molecule has 3 aromatic carbocycles. The maximum absolute atomic E-state index is 12.6. The molecule has 3 N–H and O–H groups in total. The van der Waals surface area contributed by atoms with Crippen molar-refractivity contribution in [1.29, 1.82) is 0 Å². The molecule has 10 heteroatoms. The lowest BCUT2D eigenvalue weighted by molar-refractivity contribution is 0.00873. The quantitative estimate of drug-likeness (QED) is 0.392. The number of nitrogens with one attached hydrogen (secondary N) is 3. The van der Waals surface area contributed by atoms with Gasteiger partial charge in [0.1, 0.15) is 23.7 Å². The minimum Gasteiger partial charge on any atom is -0.457 e. The summed E-state index contributed by atoms with van der Waals surface area (Å²) >= 11 is 0. The number of carbonyl (C=O) groups is 3. The molecule has 5 rings (SSSR count). The third kappa shape index (κ3) is 6.10. The van der Waals surface area contributed by atoms with Gasteiger partial charge in [0.05, 0.1) is 19.3 Å². The number of para-hydroxylation sites is 1. The summed E-state index contributed by atoms with van der Waals surface area (Å²) < 4.78 is 22.9. The molecule has 0 spiro atoms. The first-order chi connectivity index (χ1) is 18.4. The Morgan fingerprint density at radius 3 is 2.11 bits per heavy atom. The van der Waals surface area contributed by atoms with Crippen LogP contribution in [0.1, 0.15) is 17.3 Å². The number of ether oxygens (including phenoxy) is 4. The molecule has 2 fully saturated rings. The fourth-order valence-corrected chi connectivity index (χ4v) is 4.33. The van der Waals surface area contributed by atoms with Crippen molar-refractivity contribution in [2.75, 3.05) is 23.8 Å². The first-order valence-corrected chi connectivity index (χ1v) is 12.2. The van der Waals surface area contributed by atoms with Crippen molar-refractivity contribution in [2.24, 2.45) is 0 Å². The van der Waals surface area contributed by atoms with Gasteiger partial charge in [-0.15, -0.1) is 0 Å². The number of carbonyl (C=O) groups excluding carboxylic acids is 3. The number of hydrogen-bond acceptors (Lipinski definition) is 7. The molecule has 10 nitrogen and oxygen atoms in total. The van der Waals surface area contributed by atoms with Gasteiger partial charge in [-0.3, -0.25) is 10.1 Å². The fraction of sp³-hybridized carbons (Fsp3) is 0.250. The smallest absolute Gasteiger partial charge is 0.412 e. The number of urea groups is 1. The number of anilines is 2. The van der Waals surface area contributed by atoms with Gasteiger partial charge in [0.15, 0.2) is 11.9 Å². The number of Topliss-reactive ketones (excluding diaryl/α,β-unsaturated/α-hetero) is 1. The van der Waals surface area contributed by atoms with Crippen LogP contribution < -0.4 is 20.7 Å². The van der Waals surface area contributed by atoms with E-state index in [-0.39, 0.29) is 19.0 Å². The Morgan fingerprint density at radius 2 is 1.39 bits per heavy atom. The Bertz CT molecular complexity index is 1280. The van der Waals surface area contributed by atoms with E-state index in [1.54, 1.807) is 48.5 Å². The lowest BCUT2D eigenvalue weighted by Crippen LogP contribution is -2.46. The summed E-state index contributed by atoms with van der Waals surface area (Å²) in [7, 11) is 0. The maximum atomic E-state index is 12.6. The van der Waals surface area contributed by atoms with Crippen LogP contribution in [-0.2, 0) is 14.2 Å². The van der Waals surface area contributed by atoms with Crippen LogP contribution in [-0.4, -0.2) is 55.5 Å². The van der Waals surface area contributed by atoms with Crippen molar-refractivity contribution < 1.29 is 33.3 Å². The first-order valence-electron chi connectivity index (χ1n) is 12.2. The lowest BCUT2D eigenvalue weighted by Gasteiger charge is -2.18. The predicted molar refractivity (Wildman–Crippen MR) is 139 cm³/mol. The highest BCUT2D eigenvalue weighted by Crippen LogP contribution is 2.29. The normalized spacial score (nSPS) is 21.7. The largest absolute Gasteiger partial charge is 0.457 e. The molecule has 2 heterocycles. The molecule has 3 aromatic rings. The summed E-state index contributed by atoms with van der Waals surface area (Å²) in [5, 5.41) is 8.29. The zero-order valence-corrected chi connectivity index (χ0v) is 20.6. The monoisotopic (exact) mass is 517 g/mol. The number of benzene rings is 3. The molecule has 2 aliphatic heterocycles. The summed E-state index contributed by atoms with van der Waals surface area (Å²) in [5.41, 5.74) is 1.64. The Kier molecular flexibility index (Phi) is 7.52. The van der Waals surface area contributed by atoms with Crippen LogP contribution >= 0.6 is 0 Å². The number of fused-ring (bicyclic) bond motifs is 1. The Balaban J connectivity index is 1.08. The van der Waals surface area contributed by atoms with Crippen LogP contribution in [0, 0.1) is 0 Å². The molecule has 196 valence electrons. The van der Waals surface area contributed by atoms with E-state index in [1.807, 2.05) is 30.3 Å². The van der Waals surface area contributed by atoms with Crippen LogP contribution in [0.5, 0.6) is 11.5 Å². The van der Waals surface area contributed by atoms with Crippen molar-refractivity contribution >= 4 is 29.3 Å². The maximum Gasteiger partial charge on any atom is 0.412 e. The molecule has 0 saturated carbocycles. The van der Waals surface area contributed by atoms with Crippen LogP contribution in [0.2, 0.25) is 0 Å². The molecule has 3 amide bonds. The highest BCUT2D eigenvalue weighted by atomic mass is 16.6. The summed E-state index contributed by atoms with van der Waals surface area (Å²) in [5.74, 6) is 1.31. The predicted octanol–water partition coefficient (Wildman–Crippen LogP) is 4.59. The molecule has 0 aliphatic carbocycles. The van der Waals surface area contributed by atoms with E-state index in [2.05, 4.69) is 16.0 Å². The molecule has 2 saturated heterocycles. The van der Waals surface area contributed by atoms with E-state index in [0.29, 0.717) is 22.7 Å². The highest BCUT2D eigenvalue weighted by molar-refractivity contribution is 5.95. The second-order valence-electron chi connectivity index (χ2n) is 8.94. The SMILES string of the molecule is CC(=O)c1ccc(NC(=O)OC2COC3C(NC(=O)Nc4ccc(Oc5ccccc5)cc4)COC23)cc1. The van der Waals surface area contributed by atoms with Gasteiger partial charge >= 0.3 is 12.1 Å². The van der Waals surface area contributed by atoms with Gasteiger partial charge in [-0.2, -0.15) is 0 Å². The van der Waals surface area contributed by atoms with Crippen LogP contribution in [0.25, 0.3) is 0 Å². The Labute approximate surface area is 219 Å². The zero-order chi connectivity index (χ0) is 26.5. The van der Waals surface area contributed by atoms with Crippen molar-refractivity contribution in [1.82, 2.24) is 5.32 Å². The van der Waals surface area contributed by atoms with Crippen molar-refractivity contribution in [3.8, 4) is 11.5 Å². The fourth-order valence-electron chi connectivity index (χ4n) is 4.33. The molecule has 4 atom stereocenters. The Morgan fingerprint density at radius 1 is 0.763 bits per heavy atom. The standard InChI is InChI=1S/C28H27N3O7/c1-17(32)18-7-9-20(10-8-18)30-28(34)38-24-16-36-25-23(15-35-26(24)25)31-27(33)29-19-11-13-22(14-12-19)37-21-5-3-2-4-6-21/h2-14,23-26H,15-16H2,1H3,(H,30,34)(H2,29,31,33). The second-order valence-corrected chi connectivity index (χ2v) is 8.94. The van der Waals surface area contributed by atoms with Crippen molar-refractivity contribution in [3.63, 3.8) is 0 Å². The van der Waals surface area contributed by atoms with E-state index < -0.39 is 36.5 Å². The highest BCUT2D eigenvalue weighted by Gasteiger charge is 2.50. The first kappa shape index (κ1) is 25.2. The third-order valence-corrected chi connectivity index (χ3v) is 6.21. The minimum absolute atomic E-state index is 0.0603. The average Bonchev–Trinajstić information content (AvgIpc) is 3.49. The lowest BCUT2D eigenvalue weighted by atomic mass is 10.1. The topological polar surface area (TPSA) is 124 Å². The molecule has 2 aliphatic rings. The molecule has 0 radical (unpaired) electrons. The van der Waals surface area contributed by atoms with Crippen LogP contribution in [0.4, 0.5) is 21.0 Å². The number of hydrogen-bond donors (Lipinski definition) is 3. The molecular weight excluding hydrogens is 490 g/mol. The average molecular weight is 518 g/mol. The van der Waals surface area contributed by atoms with E-state index in [1.165, 1.54) is 6.92 Å². The summed E-state index contributed by atoms with van der Waals surface area (Å²) in [6.45, 7) is 1.84. The second kappa shape index (κ2) is 11.3.